The zero-order valence-electron chi connectivity index (χ0n) is 8.77. The molecule has 80 valence electrons. The zero-order chi connectivity index (χ0) is 11.5. The number of nitrogens with zero attached hydrogens (tertiary/aromatic N) is 1. The maximum atomic E-state index is 5.73. The van der Waals surface area contributed by atoms with Crippen LogP contribution in [-0.4, -0.2) is 9.85 Å². The fraction of sp³-hybridized carbons (Fsp3) is 0.0769. The Morgan fingerprint density at radius 2 is 1.69 bits per heavy atom. The number of aromatic nitrogens is 1. The molecule has 2 rings (SSSR count). The van der Waals surface area contributed by atoms with E-state index in [1.807, 2.05) is 30.3 Å². The highest BCUT2D eigenvalue weighted by Gasteiger charge is 2.04. The summed E-state index contributed by atoms with van der Waals surface area (Å²) < 4.78 is 0. The van der Waals surface area contributed by atoms with Crippen molar-refractivity contribution in [2.75, 3.05) is 0 Å². The first-order valence-electron chi connectivity index (χ1n) is 4.90. The number of aryl methyl sites for hydroxylation is 1. The molecule has 1 aromatic carbocycles. The summed E-state index contributed by atoms with van der Waals surface area (Å²) in [6, 6.07) is 11.8. The topological polar surface area (TPSA) is 12.9 Å². The van der Waals surface area contributed by atoms with Crippen molar-refractivity contribution in [1.82, 2.24) is 4.98 Å². The lowest BCUT2D eigenvalue weighted by atomic mass is 10.1. The van der Waals surface area contributed by atoms with E-state index in [1.165, 1.54) is 5.56 Å². The highest BCUT2D eigenvalue weighted by atomic mass is 35.5. The number of benzene rings is 1. The van der Waals surface area contributed by atoms with Crippen molar-refractivity contribution in [3.05, 3.63) is 64.4 Å². The summed E-state index contributed by atoms with van der Waals surface area (Å²) in [5.74, 6) is 0. The van der Waals surface area contributed by atoms with E-state index in [0.29, 0.717) is 5.15 Å². The van der Waals surface area contributed by atoms with Gasteiger partial charge < -0.3 is 0 Å². The Labute approximate surface area is 105 Å². The Balaban J connectivity index is 2.32. The van der Waals surface area contributed by atoms with Crippen LogP contribution in [0.1, 0.15) is 16.7 Å². The molecule has 2 aromatic rings. The lowest BCUT2D eigenvalue weighted by Gasteiger charge is -2.04. The van der Waals surface area contributed by atoms with Gasteiger partial charge in [0.1, 0.15) is 5.15 Å². The molecule has 0 radical (unpaired) electrons. The van der Waals surface area contributed by atoms with Crippen LogP contribution in [0.2, 0.25) is 5.15 Å². The van der Waals surface area contributed by atoms with Crippen molar-refractivity contribution in [3.63, 3.8) is 0 Å². The number of halogens is 1. The molecule has 0 fully saturated rings. The normalized spacial score (nSPS) is 10.1. The van der Waals surface area contributed by atoms with Gasteiger partial charge in [-0.25, -0.2) is 4.98 Å². The van der Waals surface area contributed by atoms with E-state index < -0.39 is 0 Å². The maximum Gasteiger partial charge on any atom is 0.129 e. The van der Waals surface area contributed by atoms with Gasteiger partial charge in [0, 0.05) is 11.8 Å². The molecule has 0 atom stereocenters. The summed E-state index contributed by atoms with van der Waals surface area (Å²) in [6.07, 6.45) is 1.70. The molecule has 1 heterocycles. The minimum Gasteiger partial charge on any atom is -0.244 e. The number of hydrogen-bond donors (Lipinski definition) is 0. The van der Waals surface area contributed by atoms with Crippen LogP contribution < -0.4 is 0 Å². The van der Waals surface area contributed by atoms with E-state index in [1.54, 1.807) is 12.3 Å². The lowest BCUT2D eigenvalue weighted by Crippen LogP contribution is -1.99. The van der Waals surface area contributed by atoms with Crippen LogP contribution >= 0.6 is 23.8 Å². The number of hydrogen-bond acceptors (Lipinski definition) is 2. The highest BCUT2D eigenvalue weighted by Crippen LogP contribution is 2.13. The minimum absolute atomic E-state index is 0.482. The monoisotopic (exact) mass is 247 g/mol. The van der Waals surface area contributed by atoms with Crippen molar-refractivity contribution in [1.29, 1.82) is 0 Å². The second kappa shape index (κ2) is 4.73. The van der Waals surface area contributed by atoms with Gasteiger partial charge in [0.15, 0.2) is 0 Å². The van der Waals surface area contributed by atoms with E-state index in [9.17, 15) is 0 Å². The van der Waals surface area contributed by atoms with Crippen LogP contribution in [0.3, 0.4) is 0 Å². The Morgan fingerprint density at radius 3 is 2.25 bits per heavy atom. The molecule has 0 saturated carbocycles. The molecular weight excluding hydrogens is 238 g/mol. The molecule has 0 saturated heterocycles. The van der Waals surface area contributed by atoms with Crippen LogP contribution in [0.25, 0.3) is 0 Å². The predicted molar refractivity (Wildman–Crippen MR) is 71.2 cm³/mol. The molecule has 0 bridgehead atoms. The summed E-state index contributed by atoms with van der Waals surface area (Å²) in [6.45, 7) is 2.05. The van der Waals surface area contributed by atoms with Crippen molar-refractivity contribution >= 4 is 28.7 Å². The highest BCUT2D eigenvalue weighted by molar-refractivity contribution is 7.81. The van der Waals surface area contributed by atoms with Gasteiger partial charge in [-0.2, -0.15) is 0 Å². The van der Waals surface area contributed by atoms with E-state index >= 15 is 0 Å². The molecule has 0 N–H and O–H groups in total. The molecule has 3 heteroatoms. The van der Waals surface area contributed by atoms with Gasteiger partial charge in [0.25, 0.3) is 0 Å². The quantitative estimate of drug-likeness (QED) is 0.455. The van der Waals surface area contributed by atoms with Crippen molar-refractivity contribution in [2.24, 2.45) is 0 Å². The average Bonchev–Trinajstić information content (AvgIpc) is 2.30. The maximum absolute atomic E-state index is 5.73. The smallest absolute Gasteiger partial charge is 0.129 e. The van der Waals surface area contributed by atoms with Crippen LogP contribution in [0.4, 0.5) is 0 Å². The minimum atomic E-state index is 0.482. The summed E-state index contributed by atoms with van der Waals surface area (Å²) in [4.78, 5) is 4.82. The summed E-state index contributed by atoms with van der Waals surface area (Å²) in [5, 5.41) is 0.482. The SMILES string of the molecule is Cc1ccc(C(=S)c2ccc(Cl)nc2)cc1. The first-order chi connectivity index (χ1) is 7.66. The molecule has 1 nitrogen and oxygen atoms in total. The van der Waals surface area contributed by atoms with Crippen LogP contribution in [0, 0.1) is 6.92 Å². The second-order valence-corrected chi connectivity index (χ2v) is 4.36. The molecule has 0 spiro atoms. The summed E-state index contributed by atoms with van der Waals surface area (Å²) >= 11 is 11.1. The number of thiocarbonyl (C=S) groups is 1. The van der Waals surface area contributed by atoms with Crippen molar-refractivity contribution in [2.45, 2.75) is 6.92 Å². The van der Waals surface area contributed by atoms with Crippen molar-refractivity contribution in [3.8, 4) is 0 Å². The Hall–Kier alpha value is -1.25. The second-order valence-electron chi connectivity index (χ2n) is 3.56. The van der Waals surface area contributed by atoms with E-state index in [4.69, 9.17) is 23.8 Å². The molecule has 0 aliphatic rings. The van der Waals surface area contributed by atoms with Gasteiger partial charge in [0.05, 0.1) is 4.86 Å². The Morgan fingerprint density at radius 1 is 1.06 bits per heavy atom. The molecule has 0 aliphatic heterocycles. The van der Waals surface area contributed by atoms with Gasteiger partial charge in [-0.3, -0.25) is 0 Å². The van der Waals surface area contributed by atoms with Gasteiger partial charge >= 0.3 is 0 Å². The lowest BCUT2D eigenvalue weighted by molar-refractivity contribution is 1.32. The van der Waals surface area contributed by atoms with E-state index in [0.717, 1.165) is 16.0 Å². The third-order valence-corrected chi connectivity index (χ3v) is 3.00. The van der Waals surface area contributed by atoms with E-state index in [2.05, 4.69) is 11.9 Å². The third-order valence-electron chi connectivity index (χ3n) is 2.30. The van der Waals surface area contributed by atoms with Crippen LogP contribution in [0.15, 0.2) is 42.6 Å². The van der Waals surface area contributed by atoms with Crippen LogP contribution in [-0.2, 0) is 0 Å². The summed E-state index contributed by atoms with van der Waals surface area (Å²) in [5.41, 5.74) is 3.17. The number of rotatable bonds is 2. The zero-order valence-corrected chi connectivity index (χ0v) is 10.3. The van der Waals surface area contributed by atoms with Crippen LogP contribution in [0.5, 0.6) is 0 Å². The Kier molecular flexibility index (Phi) is 3.32. The van der Waals surface area contributed by atoms with Gasteiger partial charge in [-0.05, 0) is 24.6 Å². The standard InChI is InChI=1S/C13H10ClNS/c1-9-2-4-10(5-3-9)13(16)11-6-7-12(14)15-8-11/h2-8H,1H3. The summed E-state index contributed by atoms with van der Waals surface area (Å²) in [7, 11) is 0. The first kappa shape index (κ1) is 11.2. The van der Waals surface area contributed by atoms with Crippen molar-refractivity contribution < 1.29 is 0 Å². The average molecular weight is 248 g/mol. The number of pyridine rings is 1. The largest absolute Gasteiger partial charge is 0.244 e. The predicted octanol–water partition coefficient (Wildman–Crippen LogP) is 3.81. The Bertz CT molecular complexity index is 455. The first-order valence-corrected chi connectivity index (χ1v) is 5.68. The van der Waals surface area contributed by atoms with Gasteiger partial charge in [-0.1, -0.05) is 53.6 Å². The molecule has 0 unspecified atom stereocenters. The molecule has 16 heavy (non-hydrogen) atoms. The fourth-order valence-corrected chi connectivity index (χ4v) is 1.75. The molecular formula is C13H10ClNS. The van der Waals surface area contributed by atoms with Gasteiger partial charge in [0.2, 0.25) is 0 Å². The van der Waals surface area contributed by atoms with E-state index in [-0.39, 0.29) is 0 Å². The fourth-order valence-electron chi connectivity index (χ4n) is 1.38. The molecule has 1 aromatic heterocycles. The van der Waals surface area contributed by atoms with Gasteiger partial charge in [-0.15, -0.1) is 0 Å². The molecule has 0 amide bonds. The molecule has 0 aliphatic carbocycles. The third kappa shape index (κ3) is 2.46.